The molecule has 0 saturated heterocycles. The molecular weight excluding hydrogens is 456 g/mol. The van der Waals surface area contributed by atoms with E-state index < -0.39 is 21.4 Å². The average molecular weight is 473 g/mol. The Morgan fingerprint density at radius 3 is 2.49 bits per heavy atom. The van der Waals surface area contributed by atoms with Gasteiger partial charge in [-0.25, -0.2) is 0 Å². The first-order valence-electron chi connectivity index (χ1n) is 11.3. The highest BCUT2D eigenvalue weighted by atomic mass is 16.5. The van der Waals surface area contributed by atoms with E-state index in [1.807, 2.05) is 13.8 Å². The minimum absolute atomic E-state index is 0.0911. The van der Waals surface area contributed by atoms with Gasteiger partial charge < -0.3 is 19.7 Å². The Kier molecular flexibility index (Phi) is 6.80. The van der Waals surface area contributed by atoms with Gasteiger partial charge in [0.2, 0.25) is 5.82 Å². The number of nitriles is 1. The molecule has 1 aliphatic carbocycles. The number of rotatable bonds is 7. The Morgan fingerprint density at radius 1 is 1.16 bits per heavy atom. The largest absolute Gasteiger partial charge is 0.490 e. The van der Waals surface area contributed by atoms with Gasteiger partial charge in [-0.05, 0) is 60.3 Å². The van der Waals surface area contributed by atoms with E-state index in [-0.39, 0.29) is 24.2 Å². The zero-order chi connectivity index (χ0) is 27.4. The molecule has 0 saturated carbocycles. The summed E-state index contributed by atoms with van der Waals surface area (Å²) < 4.78 is 11.2. The summed E-state index contributed by atoms with van der Waals surface area (Å²) in [5.41, 5.74) is 0.590. The van der Waals surface area contributed by atoms with Crippen LogP contribution in [0.1, 0.15) is 37.0 Å². The maximum Gasteiger partial charge on any atom is 0.258 e. The molecule has 0 amide bonds. The predicted molar refractivity (Wildman–Crippen MR) is 145 cm³/mol. The lowest BCUT2D eigenvalue weighted by Crippen LogP contribution is -2.70. The van der Waals surface area contributed by atoms with Gasteiger partial charge in [0.25, 0.3) is 5.89 Å². The van der Waals surface area contributed by atoms with Crippen molar-refractivity contribution in [2.24, 2.45) is 0 Å². The minimum Gasteiger partial charge on any atom is -0.490 e. The van der Waals surface area contributed by atoms with Crippen LogP contribution in [0.15, 0.2) is 40.9 Å². The van der Waals surface area contributed by atoms with Crippen molar-refractivity contribution in [3.8, 4) is 34.7 Å². The van der Waals surface area contributed by atoms with E-state index in [0.29, 0.717) is 33.6 Å². The first kappa shape index (κ1) is 27.3. The fraction of sp³-hybridized carbons (Fsp3) is 0.348. The third kappa shape index (κ3) is 5.04. The maximum absolute atomic E-state index is 10.0. The van der Waals surface area contributed by atoms with Crippen LogP contribution in [0.25, 0.3) is 22.8 Å². The maximum atomic E-state index is 10.0. The Bertz CT molecular complexity index is 1380. The molecule has 0 aliphatic heterocycles. The minimum atomic E-state index is -2.52. The van der Waals surface area contributed by atoms with Gasteiger partial charge in [-0.15, -0.1) is 0 Å². The van der Waals surface area contributed by atoms with Crippen molar-refractivity contribution in [2.75, 3.05) is 0 Å². The van der Waals surface area contributed by atoms with E-state index in [1.165, 1.54) is 0 Å². The number of nitrogens with one attached hydrogen (secondary N) is 1. The summed E-state index contributed by atoms with van der Waals surface area (Å²) in [6.07, 6.45) is -0.191. The van der Waals surface area contributed by atoms with Crippen molar-refractivity contribution in [3.05, 3.63) is 53.1 Å². The van der Waals surface area contributed by atoms with E-state index in [4.69, 9.17) is 64.2 Å². The quantitative estimate of drug-likeness (QED) is 0.460. The molecule has 4 rings (SSSR count). The Labute approximate surface area is 225 Å². The van der Waals surface area contributed by atoms with Crippen LogP contribution in [-0.4, -0.2) is 87.0 Å². The first-order chi connectivity index (χ1) is 17.1. The van der Waals surface area contributed by atoms with Gasteiger partial charge in [0, 0.05) is 16.6 Å². The van der Waals surface area contributed by atoms with Crippen LogP contribution in [0.2, 0.25) is 0 Å². The standard InChI is InChI=1S/C23H17B7N4O3/c1-11(2)36-16-7-6-12(8-13(16)9-31)19-32-18(33-37-19)14-4-3-5-15-17(14)20(24,25)10-21(15,26)34-22(27,28)23(29,30)35/h3-8,11,34-35H,10H2,1-2H3/t21-/m0/s1. The number of hydrogen-bond acceptors (Lipinski definition) is 7. The first-order valence-corrected chi connectivity index (χ1v) is 11.3. The molecule has 1 atom stereocenters. The normalized spacial score (nSPS) is 18.9. The fourth-order valence-corrected chi connectivity index (χ4v) is 4.39. The molecule has 14 heteroatoms. The number of benzene rings is 2. The van der Waals surface area contributed by atoms with Gasteiger partial charge in [-0.1, -0.05) is 28.6 Å². The van der Waals surface area contributed by atoms with Gasteiger partial charge >= 0.3 is 0 Å². The van der Waals surface area contributed by atoms with Crippen LogP contribution in [0.4, 0.5) is 0 Å². The summed E-state index contributed by atoms with van der Waals surface area (Å²) >= 11 is 0. The number of aliphatic hydroxyl groups is 1. The molecule has 0 spiro atoms. The van der Waals surface area contributed by atoms with Crippen LogP contribution >= 0.6 is 0 Å². The van der Waals surface area contributed by atoms with Crippen molar-refractivity contribution in [1.82, 2.24) is 15.5 Å². The second kappa shape index (κ2) is 9.22. The molecule has 1 aliphatic rings. The van der Waals surface area contributed by atoms with Crippen LogP contribution in [-0.2, 0) is 10.7 Å². The monoisotopic (exact) mass is 474 g/mol. The van der Waals surface area contributed by atoms with Crippen molar-refractivity contribution >= 4 is 54.9 Å². The summed E-state index contributed by atoms with van der Waals surface area (Å²) in [7, 11) is 42.4. The fourth-order valence-electron chi connectivity index (χ4n) is 4.39. The zero-order valence-electron chi connectivity index (χ0n) is 20.4. The Hall–Kier alpha value is -2.76. The lowest BCUT2D eigenvalue weighted by molar-refractivity contribution is 0.163. The smallest absolute Gasteiger partial charge is 0.258 e. The van der Waals surface area contributed by atoms with Crippen LogP contribution in [0, 0.1) is 11.3 Å². The van der Waals surface area contributed by atoms with Gasteiger partial charge in [0.05, 0.1) is 58.7 Å². The van der Waals surface area contributed by atoms with Crippen molar-refractivity contribution in [3.63, 3.8) is 0 Å². The van der Waals surface area contributed by atoms with Crippen molar-refractivity contribution < 1.29 is 14.4 Å². The summed E-state index contributed by atoms with van der Waals surface area (Å²) in [6, 6.07) is 12.1. The van der Waals surface area contributed by atoms with E-state index in [2.05, 4.69) is 21.5 Å². The predicted octanol–water partition coefficient (Wildman–Crippen LogP) is -0.159. The van der Waals surface area contributed by atoms with E-state index in [9.17, 15) is 10.4 Å². The number of hydrogen-bond donors (Lipinski definition) is 2. The third-order valence-electron chi connectivity index (χ3n) is 6.05. The number of nitrogens with zero attached hydrogens (tertiary/aromatic N) is 3. The molecule has 37 heavy (non-hydrogen) atoms. The SMILES string of the molecule is [B]C1([B])C[C@]([B])(NC([B])([B])C([B])([B])O)c2cccc(-c3noc(-c4ccc(OC(C)C)c(C#N)c4)n3)c21. The second-order valence-corrected chi connectivity index (χ2v) is 9.65. The van der Waals surface area contributed by atoms with Crippen molar-refractivity contribution in [2.45, 2.75) is 47.8 Å². The van der Waals surface area contributed by atoms with Crippen molar-refractivity contribution in [1.29, 1.82) is 5.26 Å². The van der Waals surface area contributed by atoms with Gasteiger partial charge in [-0.2, -0.15) is 10.2 Å². The van der Waals surface area contributed by atoms with E-state index >= 15 is 0 Å². The topological polar surface area (TPSA) is 104 Å². The Balaban J connectivity index is 1.75. The summed E-state index contributed by atoms with van der Waals surface area (Å²) in [4.78, 5) is 4.49. The molecule has 168 valence electrons. The lowest BCUT2D eigenvalue weighted by atomic mass is 9.39. The lowest BCUT2D eigenvalue weighted by Gasteiger charge is -2.48. The molecule has 7 nitrogen and oxygen atoms in total. The van der Waals surface area contributed by atoms with E-state index in [1.54, 1.807) is 36.4 Å². The molecule has 2 aromatic carbocycles. The van der Waals surface area contributed by atoms with Crippen LogP contribution < -0.4 is 10.1 Å². The molecule has 1 heterocycles. The Morgan fingerprint density at radius 2 is 1.86 bits per heavy atom. The van der Waals surface area contributed by atoms with Crippen LogP contribution in [0.5, 0.6) is 5.75 Å². The molecule has 0 unspecified atom stereocenters. The highest BCUT2D eigenvalue weighted by molar-refractivity contribution is 6.54. The summed E-state index contributed by atoms with van der Waals surface area (Å²) in [5, 5.41) is 20.1. The highest BCUT2D eigenvalue weighted by Gasteiger charge is 2.48. The molecule has 14 radical (unpaired) electrons. The summed E-state index contributed by atoms with van der Waals surface area (Å²) in [6.45, 7) is 3.73. The third-order valence-corrected chi connectivity index (χ3v) is 6.05. The highest BCUT2D eigenvalue weighted by Crippen LogP contribution is 2.48. The molecule has 2 N–H and O–H groups in total. The van der Waals surface area contributed by atoms with Crippen LogP contribution in [0.3, 0.4) is 0 Å². The number of fused-ring (bicyclic) bond motifs is 1. The second-order valence-electron chi connectivity index (χ2n) is 9.65. The zero-order valence-corrected chi connectivity index (χ0v) is 20.4. The molecule has 0 bridgehead atoms. The van der Waals surface area contributed by atoms with Gasteiger partial charge in [0.15, 0.2) is 0 Å². The average Bonchev–Trinajstić information content (AvgIpc) is 3.34. The molecule has 0 fully saturated rings. The van der Waals surface area contributed by atoms with Gasteiger partial charge in [-0.3, -0.25) is 0 Å². The summed E-state index contributed by atoms with van der Waals surface area (Å²) in [5.74, 6) is 0.787. The van der Waals surface area contributed by atoms with Gasteiger partial charge in [0.1, 0.15) is 19.7 Å². The number of ether oxygens (including phenoxy) is 1. The van der Waals surface area contributed by atoms with E-state index in [0.717, 1.165) is 0 Å². The number of aromatic nitrogens is 2. The molecule has 1 aromatic heterocycles. The molecule has 3 aromatic rings. The molecular formula is C23H17B7N4O3.